The Balaban J connectivity index is 1.81. The molecule has 1 heterocycles. The second-order valence-corrected chi connectivity index (χ2v) is 4.54. The lowest BCUT2D eigenvalue weighted by atomic mass is 10.2. The lowest BCUT2D eigenvalue weighted by Gasteiger charge is -2.11. The van der Waals surface area contributed by atoms with E-state index in [0.717, 1.165) is 0 Å². The van der Waals surface area contributed by atoms with E-state index in [1.807, 2.05) is 0 Å². The summed E-state index contributed by atoms with van der Waals surface area (Å²) in [6.45, 7) is 0.0999. The second kappa shape index (κ2) is 7.95. The molecule has 1 aromatic heterocycles. The maximum absolute atomic E-state index is 11.7. The summed E-state index contributed by atoms with van der Waals surface area (Å²) < 4.78 is 11.6. The van der Waals surface area contributed by atoms with E-state index in [1.165, 1.54) is 10.6 Å². The quantitative estimate of drug-likeness (QED) is 0.566. The van der Waals surface area contributed by atoms with Crippen LogP contribution in [0.4, 0.5) is 5.82 Å². The first-order valence-electron chi connectivity index (χ1n) is 6.93. The van der Waals surface area contributed by atoms with Crippen molar-refractivity contribution in [3.63, 3.8) is 0 Å². The molecule has 0 aliphatic carbocycles. The van der Waals surface area contributed by atoms with Crippen LogP contribution in [0, 0.1) is 0 Å². The average Bonchev–Trinajstić information content (AvgIpc) is 2.56. The number of rotatable bonds is 7. The average molecular weight is 319 g/mol. The van der Waals surface area contributed by atoms with Gasteiger partial charge in [-0.1, -0.05) is 18.2 Å². The van der Waals surface area contributed by atoms with E-state index in [-0.39, 0.29) is 19.9 Å². The van der Waals surface area contributed by atoms with Crippen LogP contribution in [-0.2, 0) is 16.2 Å². The van der Waals surface area contributed by atoms with Gasteiger partial charge in [-0.15, -0.1) is 0 Å². The van der Waals surface area contributed by atoms with Gasteiger partial charge in [0.2, 0.25) is 0 Å². The number of nitrogens with one attached hydrogen (secondary N) is 2. The normalized spacial score (nSPS) is 10.3. The Morgan fingerprint density at radius 1 is 1.22 bits per heavy atom. The number of nitrogens with zero attached hydrogens (tertiary/aromatic N) is 1. The fourth-order valence-electron chi connectivity index (χ4n) is 1.86. The number of hydrogen-bond acceptors (Lipinski definition) is 6. The summed E-state index contributed by atoms with van der Waals surface area (Å²) in [6, 6.07) is 9.86. The predicted molar refractivity (Wildman–Crippen MR) is 83.5 cm³/mol. The Labute approximate surface area is 131 Å². The van der Waals surface area contributed by atoms with Crippen LogP contribution in [0.1, 0.15) is 10.4 Å². The van der Waals surface area contributed by atoms with Gasteiger partial charge >= 0.3 is 11.7 Å². The number of aromatic nitrogens is 2. The number of esters is 1. The van der Waals surface area contributed by atoms with Crippen LogP contribution in [0.2, 0.25) is 0 Å². The summed E-state index contributed by atoms with van der Waals surface area (Å²) in [6.07, 6.45) is 0. The number of H-pyrrole nitrogens is 1. The topological polar surface area (TPSA) is 102 Å². The van der Waals surface area contributed by atoms with Crippen molar-refractivity contribution in [2.75, 3.05) is 25.6 Å². The molecule has 1 aromatic carbocycles. The zero-order chi connectivity index (χ0) is 16.7. The molecular formula is C15H17N3O5. The predicted octanol–water partition coefficient (Wildman–Crippen LogP) is 0.409. The minimum Gasteiger partial charge on any atom is -0.460 e. The van der Waals surface area contributed by atoms with Crippen LogP contribution in [0.15, 0.2) is 46.0 Å². The van der Waals surface area contributed by atoms with Crippen molar-refractivity contribution in [3.05, 3.63) is 62.8 Å². The van der Waals surface area contributed by atoms with Crippen LogP contribution in [0.25, 0.3) is 0 Å². The molecule has 8 nitrogen and oxygen atoms in total. The summed E-state index contributed by atoms with van der Waals surface area (Å²) in [5.74, 6) is -0.105. The maximum atomic E-state index is 11.7. The lowest BCUT2D eigenvalue weighted by Crippen LogP contribution is -2.32. The molecule has 2 rings (SSSR count). The van der Waals surface area contributed by atoms with Crippen LogP contribution < -0.4 is 16.6 Å². The molecule has 23 heavy (non-hydrogen) atoms. The van der Waals surface area contributed by atoms with Crippen molar-refractivity contribution in [1.82, 2.24) is 9.55 Å². The molecule has 2 aromatic rings. The Morgan fingerprint density at radius 2 is 1.96 bits per heavy atom. The molecule has 0 aliphatic heterocycles. The van der Waals surface area contributed by atoms with Gasteiger partial charge in [0.05, 0.1) is 12.2 Å². The zero-order valence-electron chi connectivity index (χ0n) is 12.6. The molecule has 0 amide bonds. The van der Waals surface area contributed by atoms with Crippen molar-refractivity contribution < 1.29 is 14.3 Å². The fraction of sp³-hybridized carbons (Fsp3) is 0.267. The monoisotopic (exact) mass is 319 g/mol. The van der Waals surface area contributed by atoms with Crippen molar-refractivity contribution in [2.45, 2.75) is 6.73 Å². The highest BCUT2D eigenvalue weighted by Crippen LogP contribution is 2.01. The minimum atomic E-state index is -0.580. The fourth-order valence-corrected chi connectivity index (χ4v) is 1.86. The van der Waals surface area contributed by atoms with Gasteiger partial charge in [0, 0.05) is 13.1 Å². The van der Waals surface area contributed by atoms with E-state index >= 15 is 0 Å². The number of benzene rings is 1. The largest absolute Gasteiger partial charge is 0.460 e. The molecule has 2 N–H and O–H groups in total. The number of anilines is 1. The number of hydrogen-bond donors (Lipinski definition) is 2. The van der Waals surface area contributed by atoms with Crippen LogP contribution in [-0.4, -0.2) is 35.8 Å². The van der Waals surface area contributed by atoms with E-state index in [1.54, 1.807) is 37.4 Å². The molecule has 0 fully saturated rings. The molecule has 0 aliphatic rings. The molecule has 0 radical (unpaired) electrons. The van der Waals surface area contributed by atoms with Gasteiger partial charge < -0.3 is 14.8 Å². The van der Waals surface area contributed by atoms with Crippen molar-refractivity contribution in [2.24, 2.45) is 0 Å². The highest BCUT2D eigenvalue weighted by molar-refractivity contribution is 5.89. The SMILES string of the molecule is CNc1cc(=O)[nH]c(=O)n1COCCOC(=O)c1ccccc1. The highest BCUT2D eigenvalue weighted by Gasteiger charge is 2.07. The van der Waals surface area contributed by atoms with Crippen LogP contribution in [0.5, 0.6) is 0 Å². The van der Waals surface area contributed by atoms with E-state index < -0.39 is 17.2 Å². The summed E-state index contributed by atoms with van der Waals surface area (Å²) in [7, 11) is 1.59. The number of carbonyl (C=O) groups excluding carboxylic acids is 1. The van der Waals surface area contributed by atoms with Gasteiger partial charge in [-0.25, -0.2) is 9.59 Å². The Hall–Kier alpha value is -2.87. The summed E-state index contributed by atoms with van der Waals surface area (Å²) in [5, 5.41) is 2.74. The van der Waals surface area contributed by atoms with Gasteiger partial charge in [-0.3, -0.25) is 14.3 Å². The number of ether oxygens (including phenoxy) is 2. The first kappa shape index (κ1) is 16.5. The first-order chi connectivity index (χ1) is 11.1. The van der Waals surface area contributed by atoms with Crippen LogP contribution in [0.3, 0.4) is 0 Å². The number of aromatic amines is 1. The van der Waals surface area contributed by atoms with Gasteiger partial charge in [-0.05, 0) is 12.1 Å². The van der Waals surface area contributed by atoms with Gasteiger partial charge in [0.25, 0.3) is 5.56 Å². The third kappa shape index (κ3) is 4.55. The van der Waals surface area contributed by atoms with E-state index in [9.17, 15) is 14.4 Å². The minimum absolute atomic E-state index is 0.0563. The maximum Gasteiger partial charge on any atom is 0.338 e. The van der Waals surface area contributed by atoms with E-state index in [4.69, 9.17) is 9.47 Å². The lowest BCUT2D eigenvalue weighted by molar-refractivity contribution is 0.0167. The van der Waals surface area contributed by atoms with Gasteiger partial charge in [0.1, 0.15) is 19.2 Å². The van der Waals surface area contributed by atoms with Crippen LogP contribution >= 0.6 is 0 Å². The van der Waals surface area contributed by atoms with E-state index in [0.29, 0.717) is 11.4 Å². The summed E-state index contributed by atoms with van der Waals surface area (Å²) >= 11 is 0. The molecular weight excluding hydrogens is 302 g/mol. The standard InChI is InChI=1S/C15H17N3O5/c1-16-12-9-13(19)17-15(21)18(12)10-22-7-8-23-14(20)11-5-3-2-4-6-11/h2-6,9,16H,7-8,10H2,1H3,(H,17,19,21). The molecule has 0 spiro atoms. The Bertz CT molecular complexity index is 767. The second-order valence-electron chi connectivity index (χ2n) is 4.54. The Kier molecular flexibility index (Phi) is 5.70. The molecule has 0 saturated carbocycles. The molecule has 122 valence electrons. The van der Waals surface area contributed by atoms with Crippen molar-refractivity contribution >= 4 is 11.8 Å². The molecule has 8 heteroatoms. The Morgan fingerprint density at radius 3 is 2.65 bits per heavy atom. The smallest absolute Gasteiger partial charge is 0.338 e. The zero-order valence-corrected chi connectivity index (χ0v) is 12.6. The molecule has 0 bridgehead atoms. The third-order valence-electron chi connectivity index (χ3n) is 2.98. The van der Waals surface area contributed by atoms with Crippen molar-refractivity contribution in [1.29, 1.82) is 0 Å². The van der Waals surface area contributed by atoms with Crippen molar-refractivity contribution in [3.8, 4) is 0 Å². The van der Waals surface area contributed by atoms with Gasteiger partial charge in [-0.2, -0.15) is 0 Å². The third-order valence-corrected chi connectivity index (χ3v) is 2.98. The van der Waals surface area contributed by atoms with Gasteiger partial charge in [0.15, 0.2) is 0 Å². The van der Waals surface area contributed by atoms with E-state index in [2.05, 4.69) is 10.3 Å². The molecule has 0 atom stereocenters. The molecule has 0 unspecified atom stereocenters. The highest BCUT2D eigenvalue weighted by atomic mass is 16.6. The first-order valence-corrected chi connectivity index (χ1v) is 6.93. The number of carbonyl (C=O) groups is 1. The molecule has 0 saturated heterocycles. The summed E-state index contributed by atoms with van der Waals surface area (Å²) in [4.78, 5) is 36.7. The summed E-state index contributed by atoms with van der Waals surface area (Å²) in [5.41, 5.74) is -0.614.